The first-order valence-electron chi connectivity index (χ1n) is 2.85. The monoisotopic (exact) mass is 230 g/mol. The van der Waals surface area contributed by atoms with Gasteiger partial charge in [0.05, 0.1) is 22.7 Å². The Morgan fingerprint density at radius 1 is 1.45 bits per heavy atom. The summed E-state index contributed by atoms with van der Waals surface area (Å²) in [6, 6.07) is 0. The molecule has 11 heavy (non-hydrogen) atoms. The molecule has 2 nitrogen and oxygen atoms in total. The van der Waals surface area contributed by atoms with Crippen LogP contribution < -0.4 is 0 Å². The average molecular weight is 231 g/mol. The van der Waals surface area contributed by atoms with Crippen molar-refractivity contribution in [3.8, 4) is 11.8 Å². The van der Waals surface area contributed by atoms with Crippen molar-refractivity contribution in [2.45, 2.75) is 0 Å². The van der Waals surface area contributed by atoms with Crippen LogP contribution >= 0.6 is 27.5 Å². The molecule has 0 aliphatic rings. The van der Waals surface area contributed by atoms with Gasteiger partial charge in [-0.1, -0.05) is 33.5 Å². The molecule has 0 saturated heterocycles. The lowest BCUT2D eigenvalue weighted by molar-refractivity contribution is 1.13. The third-order valence-corrected chi connectivity index (χ3v) is 1.36. The summed E-state index contributed by atoms with van der Waals surface area (Å²) in [5.41, 5.74) is 0. The maximum absolute atomic E-state index is 5.56. The van der Waals surface area contributed by atoms with Crippen LogP contribution in [0.2, 0.25) is 5.02 Å². The summed E-state index contributed by atoms with van der Waals surface area (Å²) in [6.45, 7) is 0. The van der Waals surface area contributed by atoms with E-state index in [0.717, 1.165) is 0 Å². The molecule has 56 valence electrons. The summed E-state index contributed by atoms with van der Waals surface area (Å²) in [5, 5.41) is 1.15. The molecule has 0 atom stereocenters. The maximum Gasteiger partial charge on any atom is 0.204 e. The lowest BCUT2D eigenvalue weighted by atomic mass is 10.5. The van der Waals surface area contributed by atoms with Gasteiger partial charge in [0.2, 0.25) is 5.82 Å². The number of rotatable bonds is 0. The van der Waals surface area contributed by atoms with Gasteiger partial charge in [-0.3, -0.25) is 0 Å². The molecule has 0 saturated carbocycles. The SMILES string of the molecule is Clc1cnc(C#CCBr)nc1. The summed E-state index contributed by atoms with van der Waals surface area (Å²) in [4.78, 5) is 7.76. The molecule has 0 aliphatic heterocycles. The van der Waals surface area contributed by atoms with Gasteiger partial charge in [0.25, 0.3) is 0 Å². The normalized spacial score (nSPS) is 8.55. The zero-order valence-corrected chi connectivity index (χ0v) is 7.85. The summed E-state index contributed by atoms with van der Waals surface area (Å²) in [6.07, 6.45) is 3.04. The smallest absolute Gasteiger partial charge is 0.204 e. The Hall–Kier alpha value is -0.590. The highest BCUT2D eigenvalue weighted by Gasteiger charge is 1.88. The largest absolute Gasteiger partial charge is 0.228 e. The quantitative estimate of drug-likeness (QED) is 0.503. The third-order valence-electron chi connectivity index (χ3n) is 0.887. The Labute approximate surface area is 78.1 Å². The Morgan fingerprint density at radius 2 is 2.09 bits per heavy atom. The molecule has 0 fully saturated rings. The van der Waals surface area contributed by atoms with Gasteiger partial charge in [0.1, 0.15) is 0 Å². The first kappa shape index (κ1) is 8.51. The van der Waals surface area contributed by atoms with Crippen molar-refractivity contribution >= 4 is 27.5 Å². The van der Waals surface area contributed by atoms with Gasteiger partial charge in [0.15, 0.2) is 0 Å². The Morgan fingerprint density at radius 3 is 2.64 bits per heavy atom. The average Bonchev–Trinajstić information content (AvgIpc) is 2.04. The Bertz CT molecular complexity index is 286. The van der Waals surface area contributed by atoms with Crippen LogP contribution in [0, 0.1) is 11.8 Å². The molecular weight excluding hydrogens is 227 g/mol. The minimum atomic E-state index is 0.494. The first-order chi connectivity index (χ1) is 5.33. The highest BCUT2D eigenvalue weighted by Crippen LogP contribution is 2.01. The summed E-state index contributed by atoms with van der Waals surface area (Å²) < 4.78 is 0. The fourth-order valence-electron chi connectivity index (χ4n) is 0.489. The van der Waals surface area contributed by atoms with Crippen LogP contribution in [0.25, 0.3) is 0 Å². The van der Waals surface area contributed by atoms with Crippen LogP contribution in [-0.4, -0.2) is 15.3 Å². The van der Waals surface area contributed by atoms with Crippen molar-refractivity contribution in [2.24, 2.45) is 0 Å². The molecule has 0 amide bonds. The first-order valence-corrected chi connectivity index (χ1v) is 4.35. The number of alkyl halides is 1. The minimum absolute atomic E-state index is 0.494. The lowest BCUT2D eigenvalue weighted by Crippen LogP contribution is -1.85. The van der Waals surface area contributed by atoms with Gasteiger partial charge < -0.3 is 0 Å². The van der Waals surface area contributed by atoms with E-state index in [9.17, 15) is 0 Å². The third kappa shape index (κ3) is 2.87. The van der Waals surface area contributed by atoms with E-state index >= 15 is 0 Å². The number of nitrogens with zero attached hydrogens (tertiary/aromatic N) is 2. The molecule has 1 aromatic rings. The van der Waals surface area contributed by atoms with Crippen LogP contribution in [0.15, 0.2) is 12.4 Å². The van der Waals surface area contributed by atoms with Crippen molar-refractivity contribution in [3.05, 3.63) is 23.2 Å². The number of hydrogen-bond donors (Lipinski definition) is 0. The van der Waals surface area contributed by atoms with Gasteiger partial charge in [-0.15, -0.1) is 0 Å². The van der Waals surface area contributed by atoms with Crippen LogP contribution in [0.4, 0.5) is 0 Å². The molecule has 0 radical (unpaired) electrons. The standard InChI is InChI=1S/C7H4BrClN2/c8-3-1-2-7-10-4-6(9)5-11-7/h4-5H,3H2. The van der Waals surface area contributed by atoms with Crippen molar-refractivity contribution in [1.29, 1.82) is 0 Å². The van der Waals surface area contributed by atoms with E-state index in [2.05, 4.69) is 37.7 Å². The second-order valence-electron chi connectivity index (χ2n) is 1.66. The van der Waals surface area contributed by atoms with E-state index in [4.69, 9.17) is 11.6 Å². The van der Waals surface area contributed by atoms with Gasteiger partial charge >= 0.3 is 0 Å². The minimum Gasteiger partial charge on any atom is -0.228 e. The fourth-order valence-corrected chi connectivity index (χ4v) is 0.727. The van der Waals surface area contributed by atoms with Crippen molar-refractivity contribution in [2.75, 3.05) is 5.33 Å². The van der Waals surface area contributed by atoms with Gasteiger partial charge in [-0.25, -0.2) is 9.97 Å². The van der Waals surface area contributed by atoms with Crippen LogP contribution in [0.1, 0.15) is 5.82 Å². The second-order valence-corrected chi connectivity index (χ2v) is 2.66. The summed E-state index contributed by atoms with van der Waals surface area (Å²) >= 11 is 8.73. The van der Waals surface area contributed by atoms with Crippen molar-refractivity contribution < 1.29 is 0 Å². The molecule has 4 heteroatoms. The van der Waals surface area contributed by atoms with E-state index in [-0.39, 0.29) is 0 Å². The van der Waals surface area contributed by atoms with E-state index in [0.29, 0.717) is 16.2 Å². The van der Waals surface area contributed by atoms with Crippen LogP contribution in [0.3, 0.4) is 0 Å². The van der Waals surface area contributed by atoms with E-state index in [1.54, 1.807) is 0 Å². The number of aromatic nitrogens is 2. The van der Waals surface area contributed by atoms with E-state index in [1.807, 2.05) is 0 Å². The molecule has 0 aliphatic carbocycles. The molecule has 0 unspecified atom stereocenters. The van der Waals surface area contributed by atoms with Crippen molar-refractivity contribution in [3.63, 3.8) is 0 Å². The topological polar surface area (TPSA) is 25.8 Å². The summed E-state index contributed by atoms with van der Waals surface area (Å²) in [7, 11) is 0. The number of halogens is 2. The van der Waals surface area contributed by atoms with Gasteiger partial charge in [-0.2, -0.15) is 0 Å². The van der Waals surface area contributed by atoms with Crippen LogP contribution in [-0.2, 0) is 0 Å². The molecule has 0 bridgehead atoms. The highest BCUT2D eigenvalue weighted by atomic mass is 79.9. The predicted octanol–water partition coefficient (Wildman–Crippen LogP) is 1.88. The molecule has 1 heterocycles. The maximum atomic E-state index is 5.56. The van der Waals surface area contributed by atoms with Crippen molar-refractivity contribution in [1.82, 2.24) is 9.97 Å². The summed E-state index contributed by atoms with van der Waals surface area (Å²) in [5.74, 6) is 6.02. The lowest BCUT2D eigenvalue weighted by Gasteiger charge is -1.87. The Balaban J connectivity index is 2.82. The predicted molar refractivity (Wildman–Crippen MR) is 47.7 cm³/mol. The molecule has 1 rings (SSSR count). The molecule has 0 N–H and O–H groups in total. The van der Waals surface area contributed by atoms with E-state index in [1.165, 1.54) is 12.4 Å². The van der Waals surface area contributed by atoms with E-state index < -0.39 is 0 Å². The highest BCUT2D eigenvalue weighted by molar-refractivity contribution is 9.09. The molecular formula is C7H4BrClN2. The van der Waals surface area contributed by atoms with Crippen LogP contribution in [0.5, 0.6) is 0 Å². The Kier molecular flexibility index (Phi) is 3.34. The zero-order chi connectivity index (χ0) is 8.10. The molecule has 1 aromatic heterocycles. The van der Waals surface area contributed by atoms with Gasteiger partial charge in [0, 0.05) is 0 Å². The zero-order valence-electron chi connectivity index (χ0n) is 5.51. The molecule has 0 aromatic carbocycles. The van der Waals surface area contributed by atoms with Gasteiger partial charge in [-0.05, 0) is 5.92 Å². The molecule has 0 spiro atoms. The second kappa shape index (κ2) is 4.32. The number of hydrogen-bond acceptors (Lipinski definition) is 2. The fraction of sp³-hybridized carbons (Fsp3) is 0.143.